The predicted molar refractivity (Wildman–Crippen MR) is 79.0 cm³/mol. The van der Waals surface area contributed by atoms with Crippen molar-refractivity contribution in [3.8, 4) is 0 Å². The monoisotopic (exact) mass is 312 g/mol. The summed E-state index contributed by atoms with van der Waals surface area (Å²) >= 11 is 3.49. The van der Waals surface area contributed by atoms with E-state index in [0.29, 0.717) is 11.4 Å². The van der Waals surface area contributed by atoms with Gasteiger partial charge in [-0.1, -0.05) is 13.8 Å². The minimum absolute atomic E-state index is 0.515. The van der Waals surface area contributed by atoms with E-state index in [-0.39, 0.29) is 0 Å². The SMILES string of the molecule is CCCNc1ncc(Br)c(NCC2(CC)CC2)n1. The van der Waals surface area contributed by atoms with Gasteiger partial charge in [-0.05, 0) is 47.0 Å². The lowest BCUT2D eigenvalue weighted by Crippen LogP contribution is -2.16. The Morgan fingerprint density at radius 1 is 1.33 bits per heavy atom. The van der Waals surface area contributed by atoms with Crippen LogP contribution in [0.15, 0.2) is 10.7 Å². The standard InChI is InChI=1S/C13H21BrN4/c1-3-7-15-12-16-8-10(14)11(18-12)17-9-13(4-2)5-6-13/h8H,3-7,9H2,1-2H3,(H2,15,16,17,18). The third-order valence-corrected chi connectivity index (χ3v) is 4.20. The molecule has 0 spiro atoms. The van der Waals surface area contributed by atoms with Crippen molar-refractivity contribution in [1.82, 2.24) is 9.97 Å². The van der Waals surface area contributed by atoms with Crippen LogP contribution < -0.4 is 10.6 Å². The molecule has 0 atom stereocenters. The molecule has 1 fully saturated rings. The molecule has 5 heteroatoms. The molecule has 1 aromatic rings. The molecule has 1 heterocycles. The summed E-state index contributed by atoms with van der Waals surface area (Å²) in [6.45, 7) is 6.30. The molecule has 0 unspecified atom stereocenters. The van der Waals surface area contributed by atoms with Crippen LogP contribution in [-0.4, -0.2) is 23.1 Å². The second-order valence-electron chi connectivity index (χ2n) is 5.02. The lowest BCUT2D eigenvalue weighted by atomic mass is 10.0. The summed E-state index contributed by atoms with van der Waals surface area (Å²) in [5.41, 5.74) is 0.515. The van der Waals surface area contributed by atoms with Crippen molar-refractivity contribution >= 4 is 27.7 Å². The average Bonchev–Trinajstić information content (AvgIpc) is 3.17. The Morgan fingerprint density at radius 3 is 2.72 bits per heavy atom. The molecule has 4 nitrogen and oxygen atoms in total. The Kier molecular flexibility index (Phi) is 4.43. The molecule has 18 heavy (non-hydrogen) atoms. The Labute approximate surface area is 117 Å². The van der Waals surface area contributed by atoms with Gasteiger partial charge in [-0.25, -0.2) is 4.98 Å². The molecule has 0 bridgehead atoms. The summed E-state index contributed by atoms with van der Waals surface area (Å²) in [5, 5.41) is 6.65. The van der Waals surface area contributed by atoms with Crippen LogP contribution in [-0.2, 0) is 0 Å². The zero-order valence-electron chi connectivity index (χ0n) is 11.1. The van der Waals surface area contributed by atoms with Crippen LogP contribution in [0.25, 0.3) is 0 Å². The van der Waals surface area contributed by atoms with Crippen LogP contribution in [0.3, 0.4) is 0 Å². The molecule has 2 N–H and O–H groups in total. The third-order valence-electron chi connectivity index (χ3n) is 3.62. The first-order chi connectivity index (χ1) is 8.69. The van der Waals surface area contributed by atoms with Gasteiger partial charge >= 0.3 is 0 Å². The number of anilines is 2. The number of hydrogen-bond acceptors (Lipinski definition) is 4. The van der Waals surface area contributed by atoms with Gasteiger partial charge in [0.15, 0.2) is 0 Å². The van der Waals surface area contributed by atoms with Crippen molar-refractivity contribution in [2.45, 2.75) is 39.5 Å². The van der Waals surface area contributed by atoms with Crippen molar-refractivity contribution in [2.24, 2.45) is 5.41 Å². The fourth-order valence-corrected chi connectivity index (χ4v) is 2.25. The molecular formula is C13H21BrN4. The van der Waals surface area contributed by atoms with Crippen LogP contribution in [0.1, 0.15) is 39.5 Å². The van der Waals surface area contributed by atoms with Gasteiger partial charge in [0.25, 0.3) is 0 Å². The maximum atomic E-state index is 4.49. The first kappa shape index (κ1) is 13.6. The molecule has 2 rings (SSSR count). The van der Waals surface area contributed by atoms with E-state index in [1.54, 1.807) is 6.20 Å². The minimum atomic E-state index is 0.515. The molecule has 0 amide bonds. The van der Waals surface area contributed by atoms with Crippen LogP contribution in [0, 0.1) is 5.41 Å². The first-order valence-corrected chi connectivity index (χ1v) is 7.49. The van der Waals surface area contributed by atoms with Crippen molar-refractivity contribution in [2.75, 3.05) is 23.7 Å². The van der Waals surface area contributed by atoms with Gasteiger partial charge in [0.2, 0.25) is 5.95 Å². The zero-order valence-corrected chi connectivity index (χ0v) is 12.7. The Morgan fingerprint density at radius 2 is 2.11 bits per heavy atom. The van der Waals surface area contributed by atoms with E-state index in [4.69, 9.17) is 0 Å². The molecular weight excluding hydrogens is 292 g/mol. The lowest BCUT2D eigenvalue weighted by molar-refractivity contribution is 0.520. The largest absolute Gasteiger partial charge is 0.368 e. The highest BCUT2D eigenvalue weighted by Gasteiger charge is 2.40. The van der Waals surface area contributed by atoms with Crippen molar-refractivity contribution < 1.29 is 0 Å². The first-order valence-electron chi connectivity index (χ1n) is 6.69. The van der Waals surface area contributed by atoms with Crippen LogP contribution in [0.5, 0.6) is 0 Å². The van der Waals surface area contributed by atoms with Gasteiger partial charge in [-0.3, -0.25) is 0 Å². The van der Waals surface area contributed by atoms with Gasteiger partial charge in [-0.2, -0.15) is 4.98 Å². The van der Waals surface area contributed by atoms with E-state index in [9.17, 15) is 0 Å². The third kappa shape index (κ3) is 3.34. The van der Waals surface area contributed by atoms with Gasteiger partial charge in [0.1, 0.15) is 5.82 Å². The second kappa shape index (κ2) is 5.87. The van der Waals surface area contributed by atoms with Crippen molar-refractivity contribution in [1.29, 1.82) is 0 Å². The average molecular weight is 313 g/mol. The van der Waals surface area contributed by atoms with Gasteiger partial charge in [0, 0.05) is 19.3 Å². The van der Waals surface area contributed by atoms with Crippen molar-refractivity contribution in [3.05, 3.63) is 10.7 Å². The zero-order chi connectivity index (χ0) is 13.0. The van der Waals surface area contributed by atoms with E-state index in [1.165, 1.54) is 19.3 Å². The molecule has 0 aliphatic heterocycles. The predicted octanol–water partition coefficient (Wildman–Crippen LogP) is 3.66. The maximum absolute atomic E-state index is 4.49. The molecule has 1 aromatic heterocycles. The minimum Gasteiger partial charge on any atom is -0.368 e. The smallest absolute Gasteiger partial charge is 0.224 e. The highest BCUT2D eigenvalue weighted by molar-refractivity contribution is 9.10. The van der Waals surface area contributed by atoms with E-state index in [0.717, 1.165) is 29.8 Å². The molecule has 1 aliphatic rings. The van der Waals surface area contributed by atoms with E-state index in [2.05, 4.69) is 50.4 Å². The normalized spacial score (nSPS) is 16.4. The van der Waals surface area contributed by atoms with E-state index >= 15 is 0 Å². The molecule has 0 aromatic carbocycles. The number of aromatic nitrogens is 2. The number of halogens is 1. The summed E-state index contributed by atoms with van der Waals surface area (Å²) in [5.74, 6) is 1.59. The summed E-state index contributed by atoms with van der Waals surface area (Å²) < 4.78 is 0.927. The van der Waals surface area contributed by atoms with Crippen molar-refractivity contribution in [3.63, 3.8) is 0 Å². The lowest BCUT2D eigenvalue weighted by Gasteiger charge is -2.15. The Balaban J connectivity index is 1.97. The van der Waals surface area contributed by atoms with Crippen LogP contribution in [0.2, 0.25) is 0 Å². The summed E-state index contributed by atoms with van der Waals surface area (Å²) in [6, 6.07) is 0. The molecule has 100 valence electrons. The molecule has 1 aliphatic carbocycles. The quantitative estimate of drug-likeness (QED) is 0.806. The molecule has 0 saturated heterocycles. The van der Waals surface area contributed by atoms with Crippen LogP contribution in [0.4, 0.5) is 11.8 Å². The fourth-order valence-electron chi connectivity index (χ4n) is 1.92. The highest BCUT2D eigenvalue weighted by Crippen LogP contribution is 2.48. The Hall–Kier alpha value is -0.840. The maximum Gasteiger partial charge on any atom is 0.224 e. The number of hydrogen-bond donors (Lipinski definition) is 2. The topological polar surface area (TPSA) is 49.8 Å². The fraction of sp³-hybridized carbons (Fsp3) is 0.692. The van der Waals surface area contributed by atoms with Crippen LogP contribution >= 0.6 is 15.9 Å². The van der Waals surface area contributed by atoms with Gasteiger partial charge in [0.05, 0.1) is 4.47 Å². The van der Waals surface area contributed by atoms with E-state index < -0.39 is 0 Å². The molecule has 1 saturated carbocycles. The summed E-state index contributed by atoms with van der Waals surface area (Å²) in [6.07, 6.45) is 6.78. The summed E-state index contributed by atoms with van der Waals surface area (Å²) in [7, 11) is 0. The number of nitrogens with one attached hydrogen (secondary N) is 2. The van der Waals surface area contributed by atoms with E-state index in [1.807, 2.05) is 0 Å². The Bertz CT molecular complexity index is 404. The second-order valence-corrected chi connectivity index (χ2v) is 5.88. The van der Waals surface area contributed by atoms with Gasteiger partial charge in [-0.15, -0.1) is 0 Å². The number of rotatable bonds is 7. The summed E-state index contributed by atoms with van der Waals surface area (Å²) in [4.78, 5) is 8.74. The highest BCUT2D eigenvalue weighted by atomic mass is 79.9. The van der Waals surface area contributed by atoms with Gasteiger partial charge < -0.3 is 10.6 Å². The molecule has 0 radical (unpaired) electrons. The number of nitrogens with zero attached hydrogens (tertiary/aromatic N) is 2.